The third kappa shape index (κ3) is 4.11. The molecule has 0 saturated heterocycles. The first-order valence-corrected chi connectivity index (χ1v) is 10.3. The summed E-state index contributed by atoms with van der Waals surface area (Å²) >= 11 is 0. The fraction of sp³-hybridized carbons (Fsp3) is 0.250. The van der Waals surface area contributed by atoms with Crippen LogP contribution in [-0.2, 0) is 12.1 Å². The number of benzene rings is 2. The van der Waals surface area contributed by atoms with Crippen LogP contribution in [0.3, 0.4) is 0 Å². The minimum Gasteiger partial charge on any atom is -0.405 e. The fourth-order valence-electron chi connectivity index (χ4n) is 3.51. The summed E-state index contributed by atoms with van der Waals surface area (Å²) in [6.45, 7) is 4.19. The van der Waals surface area contributed by atoms with Gasteiger partial charge in [0, 0.05) is 11.9 Å². The number of fused-ring (bicyclic) bond motifs is 1. The Morgan fingerprint density at radius 2 is 1.84 bits per heavy atom. The van der Waals surface area contributed by atoms with Crippen molar-refractivity contribution in [3.8, 4) is 17.2 Å². The Labute approximate surface area is 180 Å². The van der Waals surface area contributed by atoms with Crippen LogP contribution in [0.25, 0.3) is 22.0 Å². The third-order valence-electron chi connectivity index (χ3n) is 5.51. The molecular weight excluding hydrogens is 390 g/mol. The lowest BCUT2D eigenvalue weighted by molar-refractivity contribution is 0.00206. The van der Waals surface area contributed by atoms with Crippen LogP contribution in [0.2, 0.25) is 0 Å². The summed E-state index contributed by atoms with van der Waals surface area (Å²) in [7, 11) is 0. The summed E-state index contributed by atoms with van der Waals surface area (Å²) in [5.74, 6) is 0.214. The molecule has 7 heteroatoms. The Balaban J connectivity index is 1.60. The lowest BCUT2D eigenvalue weighted by atomic mass is 9.98. The molecule has 2 aromatic carbocycles. The molecule has 0 amide bonds. The smallest absolute Gasteiger partial charge is 0.315 e. The van der Waals surface area contributed by atoms with Crippen molar-refractivity contribution in [2.45, 2.75) is 38.8 Å². The summed E-state index contributed by atoms with van der Waals surface area (Å²) in [5, 5.41) is 32.0. The molecule has 0 atom stereocenters. The molecular formula is C24H23N5O2. The highest BCUT2D eigenvalue weighted by Crippen LogP contribution is 2.30. The summed E-state index contributed by atoms with van der Waals surface area (Å²) in [6, 6.07) is 20.1. The number of nitriles is 1. The number of anilines is 1. The summed E-state index contributed by atoms with van der Waals surface area (Å²) in [4.78, 5) is 4.48. The Hall–Kier alpha value is -3.76. The van der Waals surface area contributed by atoms with E-state index in [9.17, 15) is 10.4 Å². The first kappa shape index (κ1) is 20.5. The molecule has 0 unspecified atom stereocenters. The molecule has 2 heterocycles. The maximum atomic E-state index is 10.5. The molecule has 0 aliphatic rings. The zero-order valence-electron chi connectivity index (χ0n) is 17.5. The second-order valence-electron chi connectivity index (χ2n) is 7.39. The normalized spacial score (nSPS) is 11.4. The van der Waals surface area contributed by atoms with Crippen LogP contribution in [-0.4, -0.2) is 20.3 Å². The first-order chi connectivity index (χ1) is 15.1. The van der Waals surface area contributed by atoms with Crippen molar-refractivity contribution < 1.29 is 9.52 Å². The van der Waals surface area contributed by atoms with Crippen molar-refractivity contribution in [3.05, 3.63) is 71.7 Å². The van der Waals surface area contributed by atoms with E-state index in [2.05, 4.69) is 26.6 Å². The molecule has 0 aliphatic heterocycles. The minimum atomic E-state index is -1.11. The maximum absolute atomic E-state index is 10.5. The van der Waals surface area contributed by atoms with Gasteiger partial charge in [-0.1, -0.05) is 61.4 Å². The highest BCUT2D eigenvalue weighted by atomic mass is 16.4. The standard InChI is InChI=1S/C24H23N5O2/c1-3-24(30,4-2)22-28-29-23(31-22)26-15-16-10-11-19-20(17-8-6-5-7-9-17)13-18(14-25)27-21(19)12-16/h5-13,30H,3-4,15H2,1-2H3,(H,26,29). The largest absolute Gasteiger partial charge is 0.405 e. The average Bonchev–Trinajstić information content (AvgIpc) is 3.31. The molecule has 4 rings (SSSR count). The Morgan fingerprint density at radius 1 is 1.06 bits per heavy atom. The van der Waals surface area contributed by atoms with Gasteiger partial charge >= 0.3 is 6.01 Å². The zero-order valence-corrected chi connectivity index (χ0v) is 17.5. The van der Waals surface area contributed by atoms with E-state index < -0.39 is 5.60 Å². The van der Waals surface area contributed by atoms with Gasteiger partial charge in [-0.2, -0.15) is 5.26 Å². The van der Waals surface area contributed by atoms with E-state index in [1.807, 2.05) is 68.4 Å². The first-order valence-electron chi connectivity index (χ1n) is 10.3. The molecule has 4 aromatic rings. The van der Waals surface area contributed by atoms with Crippen molar-refractivity contribution >= 4 is 16.9 Å². The van der Waals surface area contributed by atoms with Crippen LogP contribution in [0.4, 0.5) is 6.01 Å². The van der Waals surface area contributed by atoms with Crippen LogP contribution < -0.4 is 5.32 Å². The molecule has 0 saturated carbocycles. The number of aromatic nitrogens is 3. The Kier molecular flexibility index (Phi) is 5.65. The second-order valence-corrected chi connectivity index (χ2v) is 7.39. The molecule has 0 radical (unpaired) electrons. The zero-order chi connectivity index (χ0) is 21.8. The highest BCUT2D eigenvalue weighted by molar-refractivity contribution is 5.95. The van der Waals surface area contributed by atoms with Gasteiger partial charge in [-0.15, -0.1) is 5.10 Å². The van der Waals surface area contributed by atoms with E-state index >= 15 is 0 Å². The van der Waals surface area contributed by atoms with Crippen molar-refractivity contribution in [3.63, 3.8) is 0 Å². The van der Waals surface area contributed by atoms with Gasteiger partial charge in [-0.3, -0.25) is 0 Å². The number of aliphatic hydroxyl groups is 1. The van der Waals surface area contributed by atoms with Crippen LogP contribution in [0.5, 0.6) is 0 Å². The quantitative estimate of drug-likeness (QED) is 0.449. The fourth-order valence-corrected chi connectivity index (χ4v) is 3.51. The van der Waals surface area contributed by atoms with E-state index in [-0.39, 0.29) is 11.9 Å². The van der Waals surface area contributed by atoms with E-state index in [0.717, 1.165) is 27.6 Å². The van der Waals surface area contributed by atoms with Crippen molar-refractivity contribution in [2.24, 2.45) is 0 Å². The average molecular weight is 413 g/mol. The van der Waals surface area contributed by atoms with Gasteiger partial charge in [0.15, 0.2) is 0 Å². The van der Waals surface area contributed by atoms with Gasteiger partial charge in [0.2, 0.25) is 5.89 Å². The summed E-state index contributed by atoms with van der Waals surface area (Å²) in [6.07, 6.45) is 0.985. The number of nitrogens with zero attached hydrogens (tertiary/aromatic N) is 4. The third-order valence-corrected chi connectivity index (χ3v) is 5.51. The van der Waals surface area contributed by atoms with E-state index in [4.69, 9.17) is 4.42 Å². The molecule has 2 N–H and O–H groups in total. The lowest BCUT2D eigenvalue weighted by Crippen LogP contribution is -2.23. The number of hydrogen-bond donors (Lipinski definition) is 2. The topological polar surface area (TPSA) is 108 Å². The van der Waals surface area contributed by atoms with Crippen LogP contribution in [0.15, 0.2) is 59.0 Å². The number of rotatable bonds is 7. The predicted octanol–water partition coefficient (Wildman–Crippen LogP) is 4.78. The van der Waals surface area contributed by atoms with Gasteiger partial charge in [0.05, 0.1) is 5.52 Å². The Bertz CT molecular complexity index is 1240. The predicted molar refractivity (Wildman–Crippen MR) is 118 cm³/mol. The Morgan fingerprint density at radius 3 is 2.55 bits per heavy atom. The molecule has 156 valence electrons. The SMILES string of the molecule is CCC(O)(CC)c1nnc(NCc2ccc3c(-c4ccccc4)cc(C#N)nc3c2)o1. The van der Waals surface area contributed by atoms with Gasteiger partial charge in [-0.05, 0) is 41.7 Å². The van der Waals surface area contributed by atoms with Gasteiger partial charge in [-0.25, -0.2) is 4.98 Å². The summed E-state index contributed by atoms with van der Waals surface area (Å²) < 4.78 is 5.61. The van der Waals surface area contributed by atoms with Crippen molar-refractivity contribution in [1.29, 1.82) is 5.26 Å². The van der Waals surface area contributed by atoms with E-state index in [1.165, 1.54) is 0 Å². The molecule has 2 aromatic heterocycles. The molecule has 0 fully saturated rings. The minimum absolute atomic E-state index is 0.214. The molecule has 0 bridgehead atoms. The molecule has 0 aliphatic carbocycles. The van der Waals surface area contributed by atoms with E-state index in [0.29, 0.717) is 25.1 Å². The lowest BCUT2D eigenvalue weighted by Gasteiger charge is -2.19. The van der Waals surface area contributed by atoms with E-state index in [1.54, 1.807) is 0 Å². The number of pyridine rings is 1. The second kappa shape index (κ2) is 8.54. The molecule has 31 heavy (non-hydrogen) atoms. The highest BCUT2D eigenvalue weighted by Gasteiger charge is 2.31. The van der Waals surface area contributed by atoms with Crippen molar-refractivity contribution in [1.82, 2.24) is 15.2 Å². The maximum Gasteiger partial charge on any atom is 0.315 e. The van der Waals surface area contributed by atoms with Crippen LogP contribution >= 0.6 is 0 Å². The summed E-state index contributed by atoms with van der Waals surface area (Å²) in [5.41, 5.74) is 2.97. The van der Waals surface area contributed by atoms with Crippen LogP contribution in [0, 0.1) is 11.3 Å². The van der Waals surface area contributed by atoms with Gasteiger partial charge < -0.3 is 14.8 Å². The van der Waals surface area contributed by atoms with Crippen molar-refractivity contribution in [2.75, 3.05) is 5.32 Å². The van der Waals surface area contributed by atoms with Gasteiger partial charge in [0.25, 0.3) is 0 Å². The van der Waals surface area contributed by atoms with Gasteiger partial charge in [0.1, 0.15) is 17.4 Å². The monoisotopic (exact) mass is 413 g/mol. The molecule has 0 spiro atoms. The number of nitrogens with one attached hydrogen (secondary N) is 1. The number of hydrogen-bond acceptors (Lipinski definition) is 7. The van der Waals surface area contributed by atoms with Crippen LogP contribution in [0.1, 0.15) is 43.8 Å². The molecule has 7 nitrogen and oxygen atoms in total.